The predicted octanol–water partition coefficient (Wildman–Crippen LogP) is 1.94. The maximum absolute atomic E-state index is 8.49. The highest BCUT2D eigenvalue weighted by Gasteiger charge is 2.14. The van der Waals surface area contributed by atoms with E-state index in [1.165, 1.54) is 0 Å². The van der Waals surface area contributed by atoms with Crippen molar-refractivity contribution in [1.29, 1.82) is 0 Å². The molecule has 0 bridgehead atoms. The van der Waals surface area contributed by atoms with Gasteiger partial charge in [-0.15, -0.1) is 0 Å². The Labute approximate surface area is 113 Å². The molecule has 1 aromatic rings. The van der Waals surface area contributed by atoms with Crippen LogP contribution in [0.4, 0.5) is 0 Å². The first-order valence-electron chi connectivity index (χ1n) is 6.36. The summed E-state index contributed by atoms with van der Waals surface area (Å²) >= 11 is 0. The molecule has 1 atom stereocenters. The molecule has 2 rings (SSSR count). The summed E-state index contributed by atoms with van der Waals surface area (Å²) < 4.78 is 11.2. The van der Waals surface area contributed by atoms with Gasteiger partial charge in [-0.25, -0.2) is 0 Å². The molecule has 0 spiro atoms. The quantitative estimate of drug-likeness (QED) is 0.822. The number of ether oxygens (including phenoxy) is 2. The van der Waals surface area contributed by atoms with E-state index in [-0.39, 0.29) is 12.9 Å². The van der Waals surface area contributed by atoms with Crippen LogP contribution in [0.25, 0.3) is 0 Å². The molecular weight excluding hydrogens is 240 g/mol. The van der Waals surface area contributed by atoms with Crippen LogP contribution in [0.15, 0.2) is 24.3 Å². The molecule has 1 saturated heterocycles. The molecule has 3 heteroatoms. The lowest BCUT2D eigenvalue weighted by Gasteiger charge is -2.23. The monoisotopic (exact) mass is 256 g/mol. The van der Waals surface area contributed by atoms with Crippen molar-refractivity contribution in [3.8, 4) is 29.4 Å². The summed E-state index contributed by atoms with van der Waals surface area (Å²) in [5.74, 6) is 11.4. The van der Waals surface area contributed by atoms with Gasteiger partial charge in [0.2, 0.25) is 0 Å². The summed E-state index contributed by atoms with van der Waals surface area (Å²) in [6, 6.07) is 7.51. The second-order valence-electron chi connectivity index (χ2n) is 4.15. The molecule has 0 aromatic heterocycles. The van der Waals surface area contributed by atoms with Crippen molar-refractivity contribution in [1.82, 2.24) is 0 Å². The topological polar surface area (TPSA) is 38.7 Å². The number of benzene rings is 1. The molecule has 0 radical (unpaired) electrons. The third-order valence-corrected chi connectivity index (χ3v) is 2.70. The van der Waals surface area contributed by atoms with E-state index in [9.17, 15) is 0 Å². The van der Waals surface area contributed by atoms with Gasteiger partial charge in [-0.3, -0.25) is 0 Å². The first-order valence-corrected chi connectivity index (χ1v) is 6.36. The third kappa shape index (κ3) is 4.67. The van der Waals surface area contributed by atoms with E-state index in [1.807, 2.05) is 24.3 Å². The van der Waals surface area contributed by atoms with Crippen molar-refractivity contribution in [2.24, 2.45) is 0 Å². The minimum Gasteiger partial charge on any atom is -0.465 e. The van der Waals surface area contributed by atoms with Crippen molar-refractivity contribution in [3.05, 3.63) is 29.8 Å². The molecule has 19 heavy (non-hydrogen) atoms. The fourth-order valence-electron chi connectivity index (χ4n) is 1.76. The molecule has 1 aliphatic heterocycles. The molecule has 1 fully saturated rings. The van der Waals surface area contributed by atoms with Gasteiger partial charge in [-0.05, 0) is 48.9 Å². The predicted molar refractivity (Wildman–Crippen MR) is 72.4 cm³/mol. The Kier molecular flexibility index (Phi) is 5.31. The van der Waals surface area contributed by atoms with E-state index >= 15 is 0 Å². The number of aliphatic hydroxyl groups excluding tert-OH is 1. The summed E-state index contributed by atoms with van der Waals surface area (Å²) in [4.78, 5) is 0. The zero-order valence-corrected chi connectivity index (χ0v) is 10.7. The van der Waals surface area contributed by atoms with E-state index in [2.05, 4.69) is 23.7 Å². The largest absolute Gasteiger partial charge is 0.465 e. The Morgan fingerprint density at radius 1 is 1.21 bits per heavy atom. The van der Waals surface area contributed by atoms with Crippen LogP contribution in [0.2, 0.25) is 0 Å². The fourth-order valence-corrected chi connectivity index (χ4v) is 1.76. The van der Waals surface area contributed by atoms with Gasteiger partial charge in [-0.1, -0.05) is 11.8 Å². The number of aliphatic hydroxyl groups is 1. The first-order chi connectivity index (χ1) is 9.38. The van der Waals surface area contributed by atoms with Crippen molar-refractivity contribution < 1.29 is 14.6 Å². The maximum atomic E-state index is 8.49. The molecule has 1 unspecified atom stereocenters. The molecule has 3 nitrogen and oxygen atoms in total. The maximum Gasteiger partial charge on any atom is 0.199 e. The van der Waals surface area contributed by atoms with Crippen LogP contribution in [0.3, 0.4) is 0 Å². The van der Waals surface area contributed by atoms with Crippen LogP contribution in [-0.4, -0.2) is 24.6 Å². The normalized spacial score (nSPS) is 17.6. The van der Waals surface area contributed by atoms with E-state index in [0.29, 0.717) is 0 Å². The molecule has 98 valence electrons. The van der Waals surface area contributed by atoms with E-state index < -0.39 is 0 Å². The van der Waals surface area contributed by atoms with Gasteiger partial charge in [-0.2, -0.15) is 0 Å². The zero-order chi connectivity index (χ0) is 13.3. The van der Waals surface area contributed by atoms with Gasteiger partial charge in [0.25, 0.3) is 0 Å². The summed E-state index contributed by atoms with van der Waals surface area (Å²) in [5.41, 5.74) is 0.865. The van der Waals surface area contributed by atoms with E-state index in [0.717, 1.165) is 37.2 Å². The Bertz CT molecular complexity index is 505. The summed E-state index contributed by atoms with van der Waals surface area (Å²) in [6.45, 7) is 0.612. The highest BCUT2D eigenvalue weighted by molar-refractivity contribution is 5.42. The summed E-state index contributed by atoms with van der Waals surface area (Å²) in [5, 5.41) is 8.49. The van der Waals surface area contributed by atoms with E-state index in [1.54, 1.807) is 0 Å². The summed E-state index contributed by atoms with van der Waals surface area (Å²) in [6.07, 6.45) is 3.08. The standard InChI is InChI=1S/C16H16O3/c17-12-4-1-2-6-14-8-10-15(11-9-14)19-16-7-3-5-13-18-16/h8-11,16-17H,3,5,7,12-13H2. The van der Waals surface area contributed by atoms with Crippen molar-refractivity contribution >= 4 is 0 Å². The second-order valence-corrected chi connectivity index (χ2v) is 4.15. The van der Waals surface area contributed by atoms with Gasteiger partial charge in [0, 0.05) is 12.0 Å². The minimum absolute atomic E-state index is 0.124. The molecule has 0 aliphatic carbocycles. The van der Waals surface area contributed by atoms with Crippen molar-refractivity contribution in [2.45, 2.75) is 25.6 Å². The van der Waals surface area contributed by atoms with Crippen LogP contribution >= 0.6 is 0 Å². The Hall–Kier alpha value is -1.94. The molecular formula is C16H16O3. The highest BCUT2D eigenvalue weighted by atomic mass is 16.7. The number of hydrogen-bond donors (Lipinski definition) is 1. The van der Waals surface area contributed by atoms with Crippen LogP contribution < -0.4 is 4.74 Å². The Balaban J connectivity index is 1.91. The second kappa shape index (κ2) is 7.48. The number of rotatable bonds is 2. The lowest BCUT2D eigenvalue weighted by molar-refractivity contribution is -0.105. The van der Waals surface area contributed by atoms with Crippen molar-refractivity contribution in [3.63, 3.8) is 0 Å². The molecule has 1 heterocycles. The smallest absolute Gasteiger partial charge is 0.199 e. The Morgan fingerprint density at radius 3 is 2.74 bits per heavy atom. The first kappa shape index (κ1) is 13.5. The van der Waals surface area contributed by atoms with Crippen LogP contribution in [0, 0.1) is 23.7 Å². The number of hydrogen-bond acceptors (Lipinski definition) is 3. The summed E-state index contributed by atoms with van der Waals surface area (Å²) in [7, 11) is 0. The van der Waals surface area contributed by atoms with Gasteiger partial charge in [0.1, 0.15) is 12.4 Å². The molecule has 1 aromatic carbocycles. The van der Waals surface area contributed by atoms with E-state index in [4.69, 9.17) is 14.6 Å². The SMILES string of the molecule is OCC#CC#Cc1ccc(OC2CCCCO2)cc1. The lowest BCUT2D eigenvalue weighted by atomic mass is 10.2. The highest BCUT2D eigenvalue weighted by Crippen LogP contribution is 2.19. The van der Waals surface area contributed by atoms with Gasteiger partial charge in [0.05, 0.1) is 6.61 Å². The average molecular weight is 256 g/mol. The minimum atomic E-state index is -0.164. The van der Waals surface area contributed by atoms with Crippen molar-refractivity contribution in [2.75, 3.05) is 13.2 Å². The van der Waals surface area contributed by atoms with Crippen LogP contribution in [0.5, 0.6) is 5.75 Å². The van der Waals surface area contributed by atoms with Crippen LogP contribution in [-0.2, 0) is 4.74 Å². The van der Waals surface area contributed by atoms with Crippen LogP contribution in [0.1, 0.15) is 24.8 Å². The lowest BCUT2D eigenvalue weighted by Crippen LogP contribution is -2.24. The molecule has 1 N–H and O–H groups in total. The molecule has 0 amide bonds. The Morgan fingerprint density at radius 2 is 2.05 bits per heavy atom. The fraction of sp³-hybridized carbons (Fsp3) is 0.375. The van der Waals surface area contributed by atoms with Gasteiger partial charge < -0.3 is 14.6 Å². The van der Waals surface area contributed by atoms with Gasteiger partial charge in [0.15, 0.2) is 6.29 Å². The molecule has 0 saturated carbocycles. The third-order valence-electron chi connectivity index (χ3n) is 2.70. The average Bonchev–Trinajstić information content (AvgIpc) is 2.46. The molecule has 1 aliphatic rings. The van der Waals surface area contributed by atoms with Gasteiger partial charge >= 0.3 is 0 Å². The zero-order valence-electron chi connectivity index (χ0n) is 10.7.